The molecule has 0 saturated carbocycles. The SMILES string of the molecule is O=C(N[C@@H](CO)C(=O)O)C1CCCCS1. The highest BCUT2D eigenvalue weighted by Crippen LogP contribution is 2.24. The molecule has 1 heterocycles. The van der Waals surface area contributed by atoms with Gasteiger partial charge in [0.05, 0.1) is 11.9 Å². The predicted molar refractivity (Wildman–Crippen MR) is 56.7 cm³/mol. The fourth-order valence-electron chi connectivity index (χ4n) is 1.40. The Morgan fingerprint density at radius 1 is 1.47 bits per heavy atom. The summed E-state index contributed by atoms with van der Waals surface area (Å²) < 4.78 is 0. The van der Waals surface area contributed by atoms with Crippen molar-refractivity contribution in [3.63, 3.8) is 0 Å². The summed E-state index contributed by atoms with van der Waals surface area (Å²) in [5, 5.41) is 19.5. The third-order valence-electron chi connectivity index (χ3n) is 2.27. The third kappa shape index (κ3) is 3.71. The number of hydrogen-bond donors (Lipinski definition) is 3. The van der Waals surface area contributed by atoms with E-state index in [2.05, 4.69) is 5.32 Å². The Morgan fingerprint density at radius 3 is 2.67 bits per heavy atom. The highest BCUT2D eigenvalue weighted by atomic mass is 32.2. The van der Waals surface area contributed by atoms with Gasteiger partial charge in [-0.3, -0.25) is 4.79 Å². The Balaban J connectivity index is 2.42. The van der Waals surface area contributed by atoms with Gasteiger partial charge < -0.3 is 15.5 Å². The molecule has 2 atom stereocenters. The highest BCUT2D eigenvalue weighted by molar-refractivity contribution is 8.00. The van der Waals surface area contributed by atoms with Gasteiger partial charge in [0.15, 0.2) is 0 Å². The van der Waals surface area contributed by atoms with E-state index in [-0.39, 0.29) is 11.2 Å². The Bertz CT molecular complexity index is 240. The van der Waals surface area contributed by atoms with E-state index in [1.807, 2.05) is 0 Å². The molecule has 0 aromatic rings. The number of aliphatic carboxylic acids is 1. The van der Waals surface area contributed by atoms with Gasteiger partial charge in [-0.05, 0) is 18.6 Å². The van der Waals surface area contributed by atoms with Gasteiger partial charge in [-0.15, -0.1) is 11.8 Å². The average Bonchev–Trinajstić information content (AvgIpc) is 2.26. The lowest BCUT2D eigenvalue weighted by Crippen LogP contribution is -2.47. The zero-order valence-electron chi connectivity index (χ0n) is 8.31. The number of carboxylic acids is 1. The van der Waals surface area contributed by atoms with E-state index in [1.54, 1.807) is 11.8 Å². The van der Waals surface area contributed by atoms with Gasteiger partial charge in [0.1, 0.15) is 6.04 Å². The van der Waals surface area contributed by atoms with E-state index in [0.717, 1.165) is 25.0 Å². The average molecular weight is 233 g/mol. The predicted octanol–water partition coefficient (Wildman–Crippen LogP) is -0.166. The second-order valence-corrected chi connectivity index (χ2v) is 4.75. The molecule has 0 aromatic heterocycles. The molecule has 0 aliphatic carbocycles. The Hall–Kier alpha value is -0.750. The van der Waals surface area contributed by atoms with Crippen molar-refractivity contribution in [1.82, 2.24) is 5.32 Å². The molecule has 1 amide bonds. The van der Waals surface area contributed by atoms with Crippen LogP contribution >= 0.6 is 11.8 Å². The second kappa shape index (κ2) is 5.97. The number of aliphatic hydroxyl groups excluding tert-OH is 1. The normalized spacial score (nSPS) is 23.1. The summed E-state index contributed by atoms with van der Waals surface area (Å²) in [6.07, 6.45) is 2.90. The minimum Gasteiger partial charge on any atom is -0.480 e. The molecule has 3 N–H and O–H groups in total. The summed E-state index contributed by atoms with van der Waals surface area (Å²) in [6.45, 7) is -0.571. The lowest BCUT2D eigenvalue weighted by atomic mass is 10.1. The van der Waals surface area contributed by atoms with Crippen molar-refractivity contribution in [2.75, 3.05) is 12.4 Å². The van der Waals surface area contributed by atoms with Crippen LogP contribution < -0.4 is 5.32 Å². The molecule has 1 fully saturated rings. The van der Waals surface area contributed by atoms with Gasteiger partial charge >= 0.3 is 5.97 Å². The molecule has 15 heavy (non-hydrogen) atoms. The molecule has 1 aliphatic heterocycles. The first kappa shape index (κ1) is 12.3. The van der Waals surface area contributed by atoms with Crippen LogP contribution in [0.25, 0.3) is 0 Å². The van der Waals surface area contributed by atoms with E-state index in [0.29, 0.717) is 0 Å². The maximum absolute atomic E-state index is 11.6. The van der Waals surface area contributed by atoms with Crippen LogP contribution in [0, 0.1) is 0 Å². The number of carboxylic acid groups (broad SMARTS) is 1. The van der Waals surface area contributed by atoms with Crippen LogP contribution in [0.5, 0.6) is 0 Å². The number of thioether (sulfide) groups is 1. The third-order valence-corrected chi connectivity index (χ3v) is 3.65. The summed E-state index contributed by atoms with van der Waals surface area (Å²) >= 11 is 1.55. The standard InChI is InChI=1S/C9H15NO4S/c11-5-6(9(13)14)10-8(12)7-3-1-2-4-15-7/h6-7,11H,1-5H2,(H,10,12)(H,13,14)/t6-,7?/m0/s1. The topological polar surface area (TPSA) is 86.6 Å². The van der Waals surface area contributed by atoms with Crippen LogP contribution in [0.15, 0.2) is 0 Å². The molecule has 1 saturated heterocycles. The smallest absolute Gasteiger partial charge is 0.328 e. The van der Waals surface area contributed by atoms with Crippen LogP contribution in [0.2, 0.25) is 0 Å². The van der Waals surface area contributed by atoms with Gasteiger partial charge in [-0.1, -0.05) is 6.42 Å². The second-order valence-electron chi connectivity index (χ2n) is 3.44. The van der Waals surface area contributed by atoms with E-state index in [4.69, 9.17) is 10.2 Å². The minimum atomic E-state index is -1.20. The van der Waals surface area contributed by atoms with Crippen LogP contribution in [0.1, 0.15) is 19.3 Å². The van der Waals surface area contributed by atoms with E-state index < -0.39 is 18.6 Å². The maximum atomic E-state index is 11.6. The molecule has 1 unspecified atom stereocenters. The fraction of sp³-hybridized carbons (Fsp3) is 0.778. The Kier molecular flexibility index (Phi) is 4.90. The first-order chi connectivity index (χ1) is 7.15. The summed E-state index contributed by atoms with van der Waals surface area (Å²) in [6, 6.07) is -1.18. The molecule has 0 aromatic carbocycles. The van der Waals surface area contributed by atoms with Crippen LogP contribution in [-0.4, -0.2) is 45.7 Å². The van der Waals surface area contributed by atoms with Gasteiger partial charge in [-0.25, -0.2) is 4.79 Å². The molecule has 6 heteroatoms. The fourth-order valence-corrected chi connectivity index (χ4v) is 2.61. The molecule has 0 spiro atoms. The van der Waals surface area contributed by atoms with E-state index in [1.165, 1.54) is 0 Å². The molecular weight excluding hydrogens is 218 g/mol. The monoisotopic (exact) mass is 233 g/mol. The van der Waals surface area contributed by atoms with Crippen molar-refractivity contribution in [3.8, 4) is 0 Å². The highest BCUT2D eigenvalue weighted by Gasteiger charge is 2.26. The van der Waals surface area contributed by atoms with Gasteiger partial charge in [-0.2, -0.15) is 0 Å². The lowest BCUT2D eigenvalue weighted by molar-refractivity contribution is -0.142. The lowest BCUT2D eigenvalue weighted by Gasteiger charge is -2.22. The molecule has 1 aliphatic rings. The van der Waals surface area contributed by atoms with Crippen molar-refractivity contribution in [2.24, 2.45) is 0 Å². The van der Waals surface area contributed by atoms with Crippen molar-refractivity contribution in [3.05, 3.63) is 0 Å². The molecule has 1 rings (SSSR count). The summed E-state index contributed by atoms with van der Waals surface area (Å²) in [5.74, 6) is -0.539. The van der Waals surface area contributed by atoms with Crippen molar-refractivity contribution < 1.29 is 19.8 Å². The summed E-state index contributed by atoms with van der Waals surface area (Å²) in [4.78, 5) is 22.1. The van der Waals surface area contributed by atoms with Crippen LogP contribution in [0.3, 0.4) is 0 Å². The molecule has 5 nitrogen and oxygen atoms in total. The molecule has 86 valence electrons. The number of carbonyl (C=O) groups excluding carboxylic acids is 1. The van der Waals surface area contributed by atoms with Gasteiger partial charge in [0, 0.05) is 0 Å². The van der Waals surface area contributed by atoms with Crippen LogP contribution in [-0.2, 0) is 9.59 Å². The van der Waals surface area contributed by atoms with Crippen LogP contribution in [0.4, 0.5) is 0 Å². The zero-order valence-corrected chi connectivity index (χ0v) is 9.13. The quantitative estimate of drug-likeness (QED) is 0.628. The largest absolute Gasteiger partial charge is 0.480 e. The zero-order chi connectivity index (χ0) is 11.3. The summed E-state index contributed by atoms with van der Waals surface area (Å²) in [5.41, 5.74) is 0. The Morgan fingerprint density at radius 2 is 2.20 bits per heavy atom. The molecule has 0 bridgehead atoms. The first-order valence-corrected chi connectivity index (χ1v) is 5.95. The Labute approximate surface area is 92.2 Å². The molecular formula is C9H15NO4S. The number of carbonyl (C=O) groups is 2. The summed E-state index contributed by atoms with van der Waals surface area (Å²) in [7, 11) is 0. The van der Waals surface area contributed by atoms with E-state index >= 15 is 0 Å². The van der Waals surface area contributed by atoms with Crippen molar-refractivity contribution in [2.45, 2.75) is 30.6 Å². The maximum Gasteiger partial charge on any atom is 0.328 e. The van der Waals surface area contributed by atoms with Gasteiger partial charge in [0.25, 0.3) is 0 Å². The number of rotatable bonds is 4. The first-order valence-electron chi connectivity index (χ1n) is 4.90. The minimum absolute atomic E-state index is 0.160. The number of aliphatic hydroxyl groups is 1. The number of amides is 1. The number of nitrogens with one attached hydrogen (secondary N) is 1. The van der Waals surface area contributed by atoms with Crippen molar-refractivity contribution in [1.29, 1.82) is 0 Å². The van der Waals surface area contributed by atoms with Crippen molar-refractivity contribution >= 4 is 23.6 Å². The van der Waals surface area contributed by atoms with E-state index in [9.17, 15) is 9.59 Å². The molecule has 0 radical (unpaired) electrons. The van der Waals surface area contributed by atoms with Gasteiger partial charge in [0.2, 0.25) is 5.91 Å². The number of hydrogen-bond acceptors (Lipinski definition) is 4.